The van der Waals surface area contributed by atoms with Crippen molar-refractivity contribution in [1.82, 2.24) is 9.55 Å². The third kappa shape index (κ3) is 3.28. The van der Waals surface area contributed by atoms with Crippen molar-refractivity contribution >= 4 is 32.5 Å². The van der Waals surface area contributed by atoms with Crippen LogP contribution in [0.1, 0.15) is 16.7 Å². The predicted molar refractivity (Wildman–Crippen MR) is 142 cm³/mol. The molecule has 0 fully saturated rings. The number of hydrogen-bond donors (Lipinski definition) is 0. The molecule has 0 bridgehead atoms. The highest BCUT2D eigenvalue weighted by Crippen LogP contribution is 2.39. The minimum absolute atomic E-state index is 1.01. The number of rotatable bonds is 3. The zero-order chi connectivity index (χ0) is 22.5. The number of benzene rings is 4. The standard InChI is InChI=1S/C30H24N2S/c1-19-13-14-28-24(15-19)25(18-33-28)30-31-26-11-7-8-12-27(26)32(30)29-20(2)16-23(17-21(29)3)22-9-5-4-6-10-22/h4-18H,1-3H3. The van der Waals surface area contributed by atoms with Crippen LogP contribution in [0, 0.1) is 20.8 Å². The summed E-state index contributed by atoms with van der Waals surface area (Å²) in [6, 6.07) is 30.3. The van der Waals surface area contributed by atoms with Crippen molar-refractivity contribution in [3.05, 3.63) is 107 Å². The minimum Gasteiger partial charge on any atom is -0.292 e. The highest BCUT2D eigenvalue weighted by Gasteiger charge is 2.20. The van der Waals surface area contributed by atoms with Crippen molar-refractivity contribution in [2.75, 3.05) is 0 Å². The molecule has 0 saturated heterocycles. The first-order valence-electron chi connectivity index (χ1n) is 11.2. The van der Waals surface area contributed by atoms with Gasteiger partial charge in [0.15, 0.2) is 0 Å². The van der Waals surface area contributed by atoms with Crippen molar-refractivity contribution in [2.45, 2.75) is 20.8 Å². The Kier molecular flexibility index (Phi) is 4.67. The Hall–Kier alpha value is -3.69. The Morgan fingerprint density at radius 1 is 0.727 bits per heavy atom. The van der Waals surface area contributed by atoms with Crippen LogP contribution in [0.5, 0.6) is 0 Å². The van der Waals surface area contributed by atoms with Gasteiger partial charge in [0.1, 0.15) is 5.82 Å². The first kappa shape index (κ1) is 20.0. The van der Waals surface area contributed by atoms with E-state index >= 15 is 0 Å². The molecule has 6 aromatic rings. The molecular weight excluding hydrogens is 420 g/mol. The molecule has 0 aliphatic rings. The summed E-state index contributed by atoms with van der Waals surface area (Å²) >= 11 is 1.79. The second-order valence-corrected chi connectivity index (χ2v) is 9.64. The summed E-state index contributed by atoms with van der Waals surface area (Å²) in [6.07, 6.45) is 0. The van der Waals surface area contributed by atoms with Gasteiger partial charge >= 0.3 is 0 Å². The van der Waals surface area contributed by atoms with Gasteiger partial charge in [0.2, 0.25) is 0 Å². The Balaban J connectivity index is 1.64. The monoisotopic (exact) mass is 444 g/mol. The highest BCUT2D eigenvalue weighted by molar-refractivity contribution is 7.17. The number of hydrogen-bond acceptors (Lipinski definition) is 2. The quantitative estimate of drug-likeness (QED) is 0.267. The van der Waals surface area contributed by atoms with Gasteiger partial charge in [-0.05, 0) is 79.4 Å². The lowest BCUT2D eigenvalue weighted by atomic mass is 9.98. The van der Waals surface area contributed by atoms with E-state index in [1.165, 1.54) is 49.2 Å². The predicted octanol–water partition coefficient (Wildman–Crippen LogP) is 8.50. The second-order valence-electron chi connectivity index (χ2n) is 8.73. The molecule has 0 radical (unpaired) electrons. The molecule has 33 heavy (non-hydrogen) atoms. The summed E-state index contributed by atoms with van der Waals surface area (Å²) in [4.78, 5) is 5.14. The van der Waals surface area contributed by atoms with Gasteiger partial charge in [0.25, 0.3) is 0 Å². The SMILES string of the molecule is Cc1ccc2scc(-c3nc4ccccc4n3-c3c(C)cc(-c4ccccc4)cc3C)c2c1. The Morgan fingerprint density at radius 3 is 2.24 bits per heavy atom. The van der Waals surface area contributed by atoms with Crippen molar-refractivity contribution in [3.8, 4) is 28.2 Å². The van der Waals surface area contributed by atoms with Gasteiger partial charge in [0.05, 0.1) is 16.7 Å². The largest absolute Gasteiger partial charge is 0.292 e. The molecule has 2 heterocycles. The summed E-state index contributed by atoms with van der Waals surface area (Å²) in [5.74, 6) is 1.01. The summed E-state index contributed by atoms with van der Waals surface area (Å²) in [5, 5.41) is 3.53. The Morgan fingerprint density at radius 2 is 1.45 bits per heavy atom. The summed E-state index contributed by atoms with van der Waals surface area (Å²) in [5.41, 5.74) is 10.8. The lowest BCUT2D eigenvalue weighted by molar-refractivity contribution is 1.07. The maximum absolute atomic E-state index is 5.14. The molecule has 2 nitrogen and oxygen atoms in total. The molecular formula is C30H24N2S. The van der Waals surface area contributed by atoms with Gasteiger partial charge < -0.3 is 0 Å². The lowest BCUT2D eigenvalue weighted by Gasteiger charge is -2.17. The molecule has 0 aliphatic carbocycles. The molecule has 0 atom stereocenters. The first-order valence-corrected chi connectivity index (χ1v) is 12.1. The number of para-hydroxylation sites is 2. The summed E-state index contributed by atoms with van der Waals surface area (Å²) in [7, 11) is 0. The van der Waals surface area contributed by atoms with Gasteiger partial charge in [-0.25, -0.2) is 4.98 Å². The Bertz CT molecular complexity index is 1610. The van der Waals surface area contributed by atoms with Crippen LogP contribution in [0.25, 0.3) is 49.3 Å². The van der Waals surface area contributed by atoms with Gasteiger partial charge in [-0.1, -0.05) is 54.1 Å². The third-order valence-corrected chi connectivity index (χ3v) is 7.32. The number of imidazole rings is 1. The van der Waals surface area contributed by atoms with Crippen LogP contribution in [0.4, 0.5) is 0 Å². The van der Waals surface area contributed by atoms with Crippen LogP contribution >= 0.6 is 11.3 Å². The van der Waals surface area contributed by atoms with E-state index < -0.39 is 0 Å². The molecule has 2 aromatic heterocycles. The average molecular weight is 445 g/mol. The van der Waals surface area contributed by atoms with E-state index in [2.05, 4.69) is 116 Å². The molecule has 0 spiro atoms. The second kappa shape index (κ2) is 7.72. The molecule has 160 valence electrons. The zero-order valence-electron chi connectivity index (χ0n) is 19.0. The van der Waals surface area contributed by atoms with Crippen LogP contribution in [0.15, 0.2) is 90.3 Å². The molecule has 0 saturated carbocycles. The van der Waals surface area contributed by atoms with Crippen molar-refractivity contribution < 1.29 is 0 Å². The lowest BCUT2D eigenvalue weighted by Crippen LogP contribution is -2.03. The molecule has 0 N–H and O–H groups in total. The van der Waals surface area contributed by atoms with Crippen LogP contribution in [0.2, 0.25) is 0 Å². The molecule has 0 amide bonds. The zero-order valence-corrected chi connectivity index (χ0v) is 19.8. The highest BCUT2D eigenvalue weighted by atomic mass is 32.1. The van der Waals surface area contributed by atoms with E-state index in [-0.39, 0.29) is 0 Å². The van der Waals surface area contributed by atoms with Gasteiger partial charge in [-0.2, -0.15) is 0 Å². The smallest absolute Gasteiger partial charge is 0.147 e. The topological polar surface area (TPSA) is 17.8 Å². The van der Waals surface area contributed by atoms with Crippen LogP contribution in [-0.2, 0) is 0 Å². The molecule has 6 rings (SSSR count). The number of aryl methyl sites for hydroxylation is 3. The summed E-state index contributed by atoms with van der Waals surface area (Å²) < 4.78 is 3.65. The van der Waals surface area contributed by atoms with E-state index in [1.807, 2.05) is 0 Å². The fourth-order valence-corrected chi connectivity index (χ4v) is 5.77. The maximum atomic E-state index is 5.14. The third-order valence-electron chi connectivity index (χ3n) is 6.35. The van der Waals surface area contributed by atoms with E-state index in [0.29, 0.717) is 0 Å². The fourth-order valence-electron chi connectivity index (χ4n) is 4.86. The van der Waals surface area contributed by atoms with Crippen molar-refractivity contribution in [3.63, 3.8) is 0 Å². The number of aromatic nitrogens is 2. The fraction of sp³-hybridized carbons (Fsp3) is 0.100. The average Bonchev–Trinajstić information content (AvgIpc) is 3.40. The molecule has 4 aromatic carbocycles. The minimum atomic E-state index is 1.01. The van der Waals surface area contributed by atoms with Crippen LogP contribution < -0.4 is 0 Å². The van der Waals surface area contributed by atoms with E-state index in [1.54, 1.807) is 11.3 Å². The summed E-state index contributed by atoms with van der Waals surface area (Å²) in [6.45, 7) is 6.58. The normalized spacial score (nSPS) is 11.5. The number of fused-ring (bicyclic) bond motifs is 2. The van der Waals surface area contributed by atoms with E-state index in [0.717, 1.165) is 16.9 Å². The van der Waals surface area contributed by atoms with Crippen molar-refractivity contribution in [2.24, 2.45) is 0 Å². The van der Waals surface area contributed by atoms with E-state index in [9.17, 15) is 0 Å². The number of nitrogens with zero attached hydrogens (tertiary/aromatic N) is 2. The number of thiophene rings is 1. The molecule has 0 unspecified atom stereocenters. The Labute approximate surface area is 197 Å². The van der Waals surface area contributed by atoms with Gasteiger partial charge in [-0.3, -0.25) is 4.57 Å². The van der Waals surface area contributed by atoms with E-state index in [4.69, 9.17) is 4.98 Å². The van der Waals surface area contributed by atoms with Gasteiger partial charge in [0, 0.05) is 21.0 Å². The van der Waals surface area contributed by atoms with Crippen LogP contribution in [-0.4, -0.2) is 9.55 Å². The first-order chi connectivity index (χ1) is 16.1. The molecule has 3 heteroatoms. The maximum Gasteiger partial charge on any atom is 0.147 e. The van der Waals surface area contributed by atoms with Crippen LogP contribution in [0.3, 0.4) is 0 Å². The molecule has 0 aliphatic heterocycles. The van der Waals surface area contributed by atoms with Crippen molar-refractivity contribution in [1.29, 1.82) is 0 Å². The van der Waals surface area contributed by atoms with Gasteiger partial charge in [-0.15, -0.1) is 11.3 Å².